The van der Waals surface area contributed by atoms with E-state index in [0.29, 0.717) is 0 Å². The van der Waals surface area contributed by atoms with Crippen molar-refractivity contribution >= 4 is 17.6 Å². The first kappa shape index (κ1) is 9.03. The third-order valence-corrected chi connectivity index (χ3v) is 2.26. The molecule has 0 saturated carbocycles. The molecule has 1 nitrogen and oxygen atoms in total. The summed E-state index contributed by atoms with van der Waals surface area (Å²) in [5.41, 5.74) is 3.08. The van der Waals surface area contributed by atoms with E-state index in [1.165, 1.54) is 0 Å². The molecule has 0 radical (unpaired) electrons. The molecule has 0 aliphatic heterocycles. The van der Waals surface area contributed by atoms with E-state index in [0.717, 1.165) is 16.8 Å². The van der Waals surface area contributed by atoms with Gasteiger partial charge in [0.25, 0.3) is 0 Å². The molecular weight excluding hydrogens is 190 g/mol. The number of hydrogen-bond acceptors (Lipinski definition) is 2. The molecule has 2 heteroatoms. The third-order valence-electron chi connectivity index (χ3n) is 1.99. The summed E-state index contributed by atoms with van der Waals surface area (Å²) >= 11 is 4.81. The van der Waals surface area contributed by atoms with Crippen molar-refractivity contribution in [2.75, 3.05) is 0 Å². The van der Waals surface area contributed by atoms with Crippen LogP contribution in [0, 0.1) is 0 Å². The average Bonchev–Trinajstić information content (AvgIpc) is 2.30. The summed E-state index contributed by atoms with van der Waals surface area (Å²) in [6.45, 7) is 0. The van der Waals surface area contributed by atoms with Gasteiger partial charge in [0.05, 0.1) is 5.69 Å². The Kier molecular flexibility index (Phi) is 2.65. The Morgan fingerprint density at radius 3 is 2.36 bits per heavy atom. The molecule has 0 aliphatic carbocycles. The van der Waals surface area contributed by atoms with Crippen molar-refractivity contribution in [2.24, 2.45) is 0 Å². The zero-order valence-corrected chi connectivity index (χ0v) is 8.37. The third kappa shape index (κ3) is 1.86. The largest absolute Gasteiger partial charge is 0.256 e. The van der Waals surface area contributed by atoms with Crippen molar-refractivity contribution in [1.29, 1.82) is 0 Å². The van der Waals surface area contributed by atoms with Gasteiger partial charge in [-0.1, -0.05) is 48.6 Å². The zero-order valence-electron chi connectivity index (χ0n) is 7.55. The summed E-state index contributed by atoms with van der Waals surface area (Å²) < 4.78 is 0. The molecular formula is C12H9NS. The van der Waals surface area contributed by atoms with E-state index in [1.54, 1.807) is 11.6 Å². The van der Waals surface area contributed by atoms with Crippen LogP contribution in [0.25, 0.3) is 11.3 Å². The van der Waals surface area contributed by atoms with Crippen LogP contribution in [0.3, 0.4) is 0 Å². The summed E-state index contributed by atoms with van der Waals surface area (Å²) in [4.78, 5) is 4.32. The standard InChI is InChI=1S/C12H9NS/c14-9-10-6-7-12(13-8-10)11-4-2-1-3-5-11/h1-9H. The van der Waals surface area contributed by atoms with Crippen LogP contribution in [0.2, 0.25) is 0 Å². The minimum absolute atomic E-state index is 0.972. The van der Waals surface area contributed by atoms with Gasteiger partial charge < -0.3 is 0 Å². The first-order valence-electron chi connectivity index (χ1n) is 4.37. The molecule has 2 aromatic rings. The second-order valence-corrected chi connectivity index (χ2v) is 3.20. The summed E-state index contributed by atoms with van der Waals surface area (Å²) in [6, 6.07) is 14.0. The Hall–Kier alpha value is -1.54. The lowest BCUT2D eigenvalue weighted by molar-refractivity contribution is 1.32. The molecule has 14 heavy (non-hydrogen) atoms. The van der Waals surface area contributed by atoms with Crippen LogP contribution < -0.4 is 0 Å². The monoisotopic (exact) mass is 199 g/mol. The van der Waals surface area contributed by atoms with Gasteiger partial charge in [-0.25, -0.2) is 0 Å². The van der Waals surface area contributed by atoms with Gasteiger partial charge in [0.15, 0.2) is 0 Å². The van der Waals surface area contributed by atoms with Gasteiger partial charge in [0.2, 0.25) is 0 Å². The van der Waals surface area contributed by atoms with Crippen LogP contribution in [-0.2, 0) is 0 Å². The smallest absolute Gasteiger partial charge is 0.0702 e. The van der Waals surface area contributed by atoms with E-state index in [9.17, 15) is 0 Å². The van der Waals surface area contributed by atoms with Crippen LogP contribution in [0.1, 0.15) is 5.56 Å². The number of rotatable bonds is 2. The molecule has 68 valence electrons. The van der Waals surface area contributed by atoms with E-state index in [4.69, 9.17) is 12.2 Å². The molecule has 0 fully saturated rings. The first-order valence-corrected chi connectivity index (χ1v) is 4.84. The summed E-state index contributed by atoms with van der Waals surface area (Å²) in [5, 5.41) is 1.63. The summed E-state index contributed by atoms with van der Waals surface area (Å²) in [6.07, 6.45) is 1.79. The van der Waals surface area contributed by atoms with Gasteiger partial charge in [-0.05, 0) is 6.07 Å². The molecule has 0 unspecified atom stereocenters. The van der Waals surface area contributed by atoms with Gasteiger partial charge >= 0.3 is 0 Å². The van der Waals surface area contributed by atoms with E-state index in [-0.39, 0.29) is 0 Å². The van der Waals surface area contributed by atoms with Crippen molar-refractivity contribution in [3.05, 3.63) is 54.2 Å². The maximum absolute atomic E-state index is 4.81. The minimum Gasteiger partial charge on any atom is -0.256 e. The van der Waals surface area contributed by atoms with E-state index >= 15 is 0 Å². The lowest BCUT2D eigenvalue weighted by atomic mass is 10.1. The molecule has 1 heterocycles. The van der Waals surface area contributed by atoms with Crippen LogP contribution in [0.15, 0.2) is 48.7 Å². The van der Waals surface area contributed by atoms with Crippen LogP contribution in [0.4, 0.5) is 0 Å². The fourth-order valence-corrected chi connectivity index (χ4v) is 1.39. The minimum atomic E-state index is 0.972. The number of nitrogens with zero attached hydrogens (tertiary/aromatic N) is 1. The predicted molar refractivity (Wildman–Crippen MR) is 62.4 cm³/mol. The highest BCUT2D eigenvalue weighted by atomic mass is 32.1. The quantitative estimate of drug-likeness (QED) is 0.689. The predicted octanol–water partition coefficient (Wildman–Crippen LogP) is 3.10. The Labute approximate surface area is 88.4 Å². The second-order valence-electron chi connectivity index (χ2n) is 2.96. The van der Waals surface area contributed by atoms with Gasteiger partial charge in [-0.15, -0.1) is 0 Å². The average molecular weight is 199 g/mol. The van der Waals surface area contributed by atoms with E-state index in [1.807, 2.05) is 42.5 Å². The maximum atomic E-state index is 4.81. The normalized spacial score (nSPS) is 9.71. The van der Waals surface area contributed by atoms with E-state index in [2.05, 4.69) is 4.98 Å². The fraction of sp³-hybridized carbons (Fsp3) is 0. The highest BCUT2D eigenvalue weighted by Crippen LogP contribution is 2.15. The lowest BCUT2D eigenvalue weighted by Gasteiger charge is -1.99. The van der Waals surface area contributed by atoms with Gasteiger partial charge in [-0.2, -0.15) is 0 Å². The molecule has 0 saturated heterocycles. The lowest BCUT2D eigenvalue weighted by Crippen LogP contribution is -1.85. The van der Waals surface area contributed by atoms with Crippen LogP contribution in [0.5, 0.6) is 0 Å². The SMILES string of the molecule is S=Cc1ccc(-c2ccccc2)nc1. The molecule has 0 aliphatic rings. The Bertz CT molecular complexity index is 420. The zero-order chi connectivity index (χ0) is 9.80. The molecule has 0 bridgehead atoms. The first-order chi connectivity index (χ1) is 6.90. The Morgan fingerprint density at radius 2 is 1.79 bits per heavy atom. The van der Waals surface area contributed by atoms with Gasteiger partial charge in [0, 0.05) is 22.7 Å². The fourth-order valence-electron chi connectivity index (χ4n) is 1.25. The van der Waals surface area contributed by atoms with Gasteiger partial charge in [0.1, 0.15) is 0 Å². The highest BCUT2D eigenvalue weighted by Gasteiger charge is 1.96. The summed E-state index contributed by atoms with van der Waals surface area (Å²) in [5.74, 6) is 0. The second kappa shape index (κ2) is 4.11. The number of thiocarbonyl (C=S) groups is 1. The molecule has 0 amide bonds. The number of hydrogen-bond donors (Lipinski definition) is 0. The molecule has 1 aromatic carbocycles. The Balaban J connectivity index is 2.39. The topological polar surface area (TPSA) is 12.9 Å². The van der Waals surface area contributed by atoms with E-state index < -0.39 is 0 Å². The molecule has 1 aromatic heterocycles. The number of benzene rings is 1. The van der Waals surface area contributed by atoms with Crippen molar-refractivity contribution in [3.63, 3.8) is 0 Å². The molecule has 0 spiro atoms. The van der Waals surface area contributed by atoms with Crippen LogP contribution in [-0.4, -0.2) is 10.4 Å². The van der Waals surface area contributed by atoms with Gasteiger partial charge in [-0.3, -0.25) is 4.98 Å². The number of aromatic nitrogens is 1. The van der Waals surface area contributed by atoms with Crippen molar-refractivity contribution in [2.45, 2.75) is 0 Å². The van der Waals surface area contributed by atoms with Crippen molar-refractivity contribution in [3.8, 4) is 11.3 Å². The maximum Gasteiger partial charge on any atom is 0.0702 e. The molecule has 2 rings (SSSR count). The number of pyridine rings is 1. The Morgan fingerprint density at radius 1 is 1.00 bits per heavy atom. The van der Waals surface area contributed by atoms with Crippen LogP contribution >= 0.6 is 12.2 Å². The summed E-state index contributed by atoms with van der Waals surface area (Å²) in [7, 11) is 0. The van der Waals surface area contributed by atoms with Crippen molar-refractivity contribution < 1.29 is 0 Å². The highest BCUT2D eigenvalue weighted by molar-refractivity contribution is 7.79. The van der Waals surface area contributed by atoms with Crippen molar-refractivity contribution in [1.82, 2.24) is 4.98 Å². The molecule has 0 atom stereocenters. The molecule has 0 N–H and O–H groups in total.